The van der Waals surface area contributed by atoms with Crippen molar-refractivity contribution >= 4 is 5.91 Å². The van der Waals surface area contributed by atoms with E-state index in [9.17, 15) is 4.79 Å². The molecule has 0 bridgehead atoms. The number of nitrogens with zero attached hydrogens (tertiary/aromatic N) is 1. The minimum atomic E-state index is 0.346. The Balaban J connectivity index is 1.96. The van der Waals surface area contributed by atoms with E-state index in [1.54, 1.807) is 0 Å². The highest BCUT2D eigenvalue weighted by molar-refractivity contribution is 5.77. The predicted octanol–water partition coefficient (Wildman–Crippen LogP) is 2.17. The molecule has 1 fully saturated rings. The highest BCUT2D eigenvalue weighted by Crippen LogP contribution is 2.09. The van der Waals surface area contributed by atoms with Crippen LogP contribution in [-0.4, -0.2) is 36.5 Å². The summed E-state index contributed by atoms with van der Waals surface area (Å²) in [6, 6.07) is 0.620. The Labute approximate surface area is 99.6 Å². The van der Waals surface area contributed by atoms with Gasteiger partial charge in [0, 0.05) is 25.6 Å². The lowest BCUT2D eigenvalue weighted by Crippen LogP contribution is -2.31. The smallest absolute Gasteiger partial charge is 0.222 e. The highest BCUT2D eigenvalue weighted by atomic mass is 16.2. The number of hydrogen-bond acceptors (Lipinski definition) is 2. The van der Waals surface area contributed by atoms with Crippen LogP contribution in [0.3, 0.4) is 0 Å². The van der Waals surface area contributed by atoms with Crippen molar-refractivity contribution in [2.45, 2.75) is 58.4 Å². The molecule has 0 aliphatic carbocycles. The minimum Gasteiger partial charge on any atom is -0.343 e. The first-order chi connectivity index (χ1) is 7.74. The van der Waals surface area contributed by atoms with Crippen LogP contribution in [0.15, 0.2) is 0 Å². The Morgan fingerprint density at radius 3 is 2.88 bits per heavy atom. The zero-order chi connectivity index (χ0) is 11.8. The average molecular weight is 226 g/mol. The third-order valence-electron chi connectivity index (χ3n) is 3.26. The number of rotatable bonds is 8. The van der Waals surface area contributed by atoms with Crippen LogP contribution in [0.1, 0.15) is 52.4 Å². The Bertz CT molecular complexity index is 206. The van der Waals surface area contributed by atoms with E-state index in [1.807, 2.05) is 4.90 Å². The fraction of sp³-hybridized carbons (Fsp3) is 0.923. The molecule has 1 heterocycles. The monoisotopic (exact) mass is 226 g/mol. The number of likely N-dealkylation sites (tertiary alicyclic amines) is 1. The van der Waals surface area contributed by atoms with Gasteiger partial charge in [0.1, 0.15) is 0 Å². The molecule has 0 spiro atoms. The quantitative estimate of drug-likeness (QED) is 0.643. The van der Waals surface area contributed by atoms with Gasteiger partial charge in [0.2, 0.25) is 5.91 Å². The summed E-state index contributed by atoms with van der Waals surface area (Å²) in [6.07, 6.45) is 6.74. The first-order valence-electron chi connectivity index (χ1n) is 6.75. The van der Waals surface area contributed by atoms with E-state index < -0.39 is 0 Å². The predicted molar refractivity (Wildman–Crippen MR) is 67.4 cm³/mol. The van der Waals surface area contributed by atoms with E-state index in [2.05, 4.69) is 19.2 Å². The summed E-state index contributed by atoms with van der Waals surface area (Å²) < 4.78 is 0. The van der Waals surface area contributed by atoms with E-state index in [0.29, 0.717) is 11.9 Å². The second-order valence-corrected chi connectivity index (χ2v) is 4.84. The molecule has 1 aliphatic rings. The molecule has 1 amide bonds. The highest BCUT2D eigenvalue weighted by Gasteiger charge is 2.18. The molecule has 94 valence electrons. The van der Waals surface area contributed by atoms with Crippen LogP contribution in [0.25, 0.3) is 0 Å². The number of amides is 1. The van der Waals surface area contributed by atoms with E-state index in [0.717, 1.165) is 38.9 Å². The van der Waals surface area contributed by atoms with Crippen molar-refractivity contribution in [3.05, 3.63) is 0 Å². The zero-order valence-corrected chi connectivity index (χ0v) is 10.8. The van der Waals surface area contributed by atoms with Crippen molar-refractivity contribution in [1.82, 2.24) is 10.2 Å². The number of hydrogen-bond donors (Lipinski definition) is 1. The summed E-state index contributed by atoms with van der Waals surface area (Å²) in [6.45, 7) is 7.42. The van der Waals surface area contributed by atoms with Crippen LogP contribution in [0.4, 0.5) is 0 Å². The summed E-state index contributed by atoms with van der Waals surface area (Å²) in [7, 11) is 0. The number of carbonyl (C=O) groups excluding carboxylic acids is 1. The molecular formula is C13H26N2O. The van der Waals surface area contributed by atoms with Gasteiger partial charge >= 0.3 is 0 Å². The molecule has 1 aliphatic heterocycles. The molecule has 0 aromatic heterocycles. The van der Waals surface area contributed by atoms with Gasteiger partial charge in [0.15, 0.2) is 0 Å². The Kier molecular flexibility index (Phi) is 6.46. The maximum atomic E-state index is 11.3. The summed E-state index contributed by atoms with van der Waals surface area (Å²) in [5.41, 5.74) is 0. The Morgan fingerprint density at radius 2 is 2.25 bits per heavy atom. The number of carbonyl (C=O) groups is 1. The number of nitrogens with one attached hydrogen (secondary N) is 1. The van der Waals surface area contributed by atoms with Crippen LogP contribution in [-0.2, 0) is 4.79 Å². The third-order valence-corrected chi connectivity index (χ3v) is 3.26. The molecule has 1 rings (SSSR count). The molecule has 0 aromatic rings. The van der Waals surface area contributed by atoms with Gasteiger partial charge < -0.3 is 10.2 Å². The third kappa shape index (κ3) is 4.97. The van der Waals surface area contributed by atoms with Crippen LogP contribution >= 0.6 is 0 Å². The van der Waals surface area contributed by atoms with Crippen molar-refractivity contribution in [3.63, 3.8) is 0 Å². The van der Waals surface area contributed by atoms with Gasteiger partial charge in [-0.1, -0.05) is 19.8 Å². The molecule has 3 nitrogen and oxygen atoms in total. The molecule has 1 N–H and O–H groups in total. The molecular weight excluding hydrogens is 200 g/mol. The van der Waals surface area contributed by atoms with Gasteiger partial charge in [-0.2, -0.15) is 0 Å². The maximum absolute atomic E-state index is 11.3. The first-order valence-corrected chi connectivity index (χ1v) is 6.75. The lowest BCUT2D eigenvalue weighted by Gasteiger charge is -2.17. The largest absolute Gasteiger partial charge is 0.343 e. The van der Waals surface area contributed by atoms with Gasteiger partial charge in [-0.3, -0.25) is 4.79 Å². The van der Waals surface area contributed by atoms with E-state index in [4.69, 9.17) is 0 Å². The molecule has 0 aromatic carbocycles. The van der Waals surface area contributed by atoms with Gasteiger partial charge in [-0.15, -0.1) is 0 Å². The van der Waals surface area contributed by atoms with Gasteiger partial charge in [-0.25, -0.2) is 0 Å². The van der Waals surface area contributed by atoms with E-state index in [1.165, 1.54) is 19.3 Å². The molecule has 3 heteroatoms. The Morgan fingerprint density at radius 1 is 1.44 bits per heavy atom. The number of unbranched alkanes of at least 4 members (excludes halogenated alkanes) is 1. The zero-order valence-electron chi connectivity index (χ0n) is 10.8. The normalized spacial score (nSPS) is 18.1. The molecule has 1 atom stereocenters. The van der Waals surface area contributed by atoms with Gasteiger partial charge in [0.05, 0.1) is 0 Å². The lowest BCUT2D eigenvalue weighted by molar-refractivity contribution is -0.127. The molecule has 0 saturated carbocycles. The average Bonchev–Trinajstić information content (AvgIpc) is 2.67. The Hall–Kier alpha value is -0.570. The van der Waals surface area contributed by atoms with Gasteiger partial charge in [0.25, 0.3) is 0 Å². The van der Waals surface area contributed by atoms with Crippen LogP contribution in [0, 0.1) is 0 Å². The fourth-order valence-corrected chi connectivity index (χ4v) is 2.17. The second kappa shape index (κ2) is 7.66. The van der Waals surface area contributed by atoms with Crippen LogP contribution in [0.2, 0.25) is 0 Å². The van der Waals surface area contributed by atoms with Crippen LogP contribution < -0.4 is 5.32 Å². The summed E-state index contributed by atoms with van der Waals surface area (Å²) in [5.74, 6) is 0.346. The standard InChI is InChI=1S/C13H26N2O/c1-3-4-7-12(2)14-9-6-11-15-10-5-8-13(15)16/h12,14H,3-11H2,1-2H3. The second-order valence-electron chi connectivity index (χ2n) is 4.84. The molecule has 1 unspecified atom stereocenters. The van der Waals surface area contributed by atoms with Crippen molar-refractivity contribution in [2.75, 3.05) is 19.6 Å². The minimum absolute atomic E-state index is 0.346. The molecule has 16 heavy (non-hydrogen) atoms. The van der Waals surface area contributed by atoms with Crippen molar-refractivity contribution < 1.29 is 4.79 Å². The first kappa shape index (κ1) is 13.5. The van der Waals surface area contributed by atoms with Crippen LogP contribution in [0.5, 0.6) is 0 Å². The summed E-state index contributed by atoms with van der Waals surface area (Å²) >= 11 is 0. The maximum Gasteiger partial charge on any atom is 0.222 e. The van der Waals surface area contributed by atoms with E-state index >= 15 is 0 Å². The molecule has 0 radical (unpaired) electrons. The van der Waals surface area contributed by atoms with E-state index in [-0.39, 0.29) is 0 Å². The SMILES string of the molecule is CCCCC(C)NCCCN1CCCC1=O. The molecule has 1 saturated heterocycles. The van der Waals surface area contributed by atoms with Crippen molar-refractivity contribution in [2.24, 2.45) is 0 Å². The van der Waals surface area contributed by atoms with Crippen molar-refractivity contribution in [1.29, 1.82) is 0 Å². The summed E-state index contributed by atoms with van der Waals surface area (Å²) in [4.78, 5) is 13.3. The van der Waals surface area contributed by atoms with Gasteiger partial charge in [-0.05, 0) is 32.7 Å². The lowest BCUT2D eigenvalue weighted by atomic mass is 10.1. The topological polar surface area (TPSA) is 32.3 Å². The fourth-order valence-electron chi connectivity index (χ4n) is 2.17. The van der Waals surface area contributed by atoms with Crippen molar-refractivity contribution in [3.8, 4) is 0 Å². The summed E-state index contributed by atoms with van der Waals surface area (Å²) in [5, 5.41) is 3.52.